The Balaban J connectivity index is 1.84. The highest BCUT2D eigenvalue weighted by atomic mass is 15.0. The number of hydrogen-bond donors (Lipinski definition) is 1. The number of H-pyrrole nitrogens is 1. The van der Waals surface area contributed by atoms with Crippen molar-refractivity contribution in [3.8, 4) is 5.69 Å². The number of nitrogens with zero attached hydrogens (tertiary/aromatic N) is 1. The predicted molar refractivity (Wildman–Crippen MR) is 116 cm³/mol. The summed E-state index contributed by atoms with van der Waals surface area (Å²) in [6.07, 6.45) is 0. The molecule has 0 saturated carbocycles. The Hall–Kier alpha value is -3.46. The van der Waals surface area contributed by atoms with E-state index in [2.05, 4.69) is 82.3 Å². The van der Waals surface area contributed by atoms with Crippen LogP contribution >= 0.6 is 0 Å². The molecular formula is C24H15BN2. The van der Waals surface area contributed by atoms with Gasteiger partial charge in [-0.05, 0) is 30.3 Å². The molecule has 0 spiro atoms. The van der Waals surface area contributed by atoms with Crippen LogP contribution in [0, 0.1) is 0 Å². The molecule has 2 nitrogen and oxygen atoms in total. The van der Waals surface area contributed by atoms with Gasteiger partial charge in [0.25, 0.3) is 0 Å². The lowest BCUT2D eigenvalue weighted by Crippen LogP contribution is -2.01. The number of rotatable bonds is 1. The summed E-state index contributed by atoms with van der Waals surface area (Å²) in [5.74, 6) is 0. The minimum absolute atomic E-state index is 0.782. The van der Waals surface area contributed by atoms with Crippen molar-refractivity contribution in [2.75, 3.05) is 0 Å². The van der Waals surface area contributed by atoms with Crippen molar-refractivity contribution in [3.05, 3.63) is 84.9 Å². The topological polar surface area (TPSA) is 20.7 Å². The first-order chi connectivity index (χ1) is 13.3. The molecule has 0 atom stereocenters. The highest BCUT2D eigenvalue weighted by Crippen LogP contribution is 2.36. The number of aromatic amines is 1. The Morgan fingerprint density at radius 2 is 1.41 bits per heavy atom. The van der Waals surface area contributed by atoms with Gasteiger partial charge in [-0.25, -0.2) is 0 Å². The minimum Gasteiger partial charge on any atom is -0.355 e. The number of aromatic nitrogens is 2. The maximum absolute atomic E-state index is 6.20. The molecule has 0 amide bonds. The second-order valence-electron chi connectivity index (χ2n) is 7.00. The second-order valence-corrected chi connectivity index (χ2v) is 7.00. The number of para-hydroxylation sites is 3. The van der Waals surface area contributed by atoms with Crippen molar-refractivity contribution >= 4 is 56.9 Å². The third-order valence-corrected chi connectivity index (χ3v) is 5.47. The average Bonchev–Trinajstić information content (AvgIpc) is 3.23. The molecule has 0 bridgehead atoms. The number of benzene rings is 4. The fourth-order valence-electron chi connectivity index (χ4n) is 4.27. The van der Waals surface area contributed by atoms with E-state index in [1.54, 1.807) is 0 Å². The Morgan fingerprint density at radius 1 is 0.630 bits per heavy atom. The minimum atomic E-state index is 0.782. The van der Waals surface area contributed by atoms with Crippen molar-refractivity contribution in [2.24, 2.45) is 0 Å². The first-order valence-electron chi connectivity index (χ1n) is 9.10. The zero-order valence-electron chi connectivity index (χ0n) is 14.6. The summed E-state index contributed by atoms with van der Waals surface area (Å²) in [5, 5.41) is 4.89. The first-order valence-corrected chi connectivity index (χ1v) is 9.10. The molecule has 0 aliphatic carbocycles. The maximum atomic E-state index is 6.20. The lowest BCUT2D eigenvalue weighted by molar-refractivity contribution is 1.18. The summed E-state index contributed by atoms with van der Waals surface area (Å²) in [6, 6.07) is 29.7. The fraction of sp³-hybridized carbons (Fsp3) is 0. The SMILES string of the molecule is [B]c1cccc2c1[nH]c1cc3c(cc12)c1ccccc1n3-c1ccccc1. The summed E-state index contributed by atoms with van der Waals surface area (Å²) in [6.45, 7) is 0. The lowest BCUT2D eigenvalue weighted by Gasteiger charge is -2.07. The van der Waals surface area contributed by atoms with Gasteiger partial charge in [0.15, 0.2) is 0 Å². The molecule has 0 aliphatic heterocycles. The van der Waals surface area contributed by atoms with E-state index in [4.69, 9.17) is 7.85 Å². The van der Waals surface area contributed by atoms with Gasteiger partial charge >= 0.3 is 0 Å². The quantitative estimate of drug-likeness (QED) is 0.396. The Kier molecular flexibility index (Phi) is 2.87. The van der Waals surface area contributed by atoms with Crippen LogP contribution in [-0.4, -0.2) is 17.4 Å². The molecule has 6 rings (SSSR count). The van der Waals surface area contributed by atoms with E-state index < -0.39 is 0 Å². The normalized spacial score (nSPS) is 11.9. The smallest absolute Gasteiger partial charge is 0.116 e. The zero-order valence-corrected chi connectivity index (χ0v) is 14.6. The molecular weight excluding hydrogens is 327 g/mol. The van der Waals surface area contributed by atoms with Crippen LogP contribution < -0.4 is 5.46 Å². The van der Waals surface area contributed by atoms with Gasteiger partial charge < -0.3 is 9.55 Å². The fourth-order valence-corrected chi connectivity index (χ4v) is 4.27. The molecule has 4 aromatic carbocycles. The van der Waals surface area contributed by atoms with E-state index in [1.165, 1.54) is 38.3 Å². The van der Waals surface area contributed by atoms with Crippen molar-refractivity contribution in [2.45, 2.75) is 0 Å². The van der Waals surface area contributed by atoms with E-state index in [-0.39, 0.29) is 0 Å². The molecule has 27 heavy (non-hydrogen) atoms. The largest absolute Gasteiger partial charge is 0.355 e. The Morgan fingerprint density at radius 3 is 2.30 bits per heavy atom. The first kappa shape index (κ1) is 14.7. The summed E-state index contributed by atoms with van der Waals surface area (Å²) >= 11 is 0. The highest BCUT2D eigenvalue weighted by molar-refractivity contribution is 6.39. The van der Waals surface area contributed by atoms with E-state index in [0.29, 0.717) is 0 Å². The Labute approximate surface area is 157 Å². The lowest BCUT2D eigenvalue weighted by atomic mass is 9.93. The van der Waals surface area contributed by atoms with Crippen molar-refractivity contribution in [3.63, 3.8) is 0 Å². The van der Waals surface area contributed by atoms with Gasteiger partial charge in [-0.1, -0.05) is 60.1 Å². The molecule has 0 unspecified atom stereocenters. The third-order valence-electron chi connectivity index (χ3n) is 5.47. The average molecular weight is 342 g/mol. The summed E-state index contributed by atoms with van der Waals surface area (Å²) in [5.41, 5.74) is 6.48. The van der Waals surface area contributed by atoms with E-state index in [9.17, 15) is 0 Å². The van der Waals surface area contributed by atoms with Gasteiger partial charge in [0.05, 0.1) is 11.0 Å². The molecule has 0 fully saturated rings. The van der Waals surface area contributed by atoms with Gasteiger partial charge in [-0.15, -0.1) is 0 Å². The highest BCUT2D eigenvalue weighted by Gasteiger charge is 2.15. The maximum Gasteiger partial charge on any atom is 0.116 e. The standard InChI is InChI=1S/C24H15BN2/c25-20-11-6-10-17-18-13-19-16-9-4-5-12-22(16)27(15-7-2-1-3-8-15)23(19)14-21(18)26-24(17)20/h1-14,26H. The summed E-state index contributed by atoms with van der Waals surface area (Å²) in [4.78, 5) is 3.52. The van der Waals surface area contributed by atoms with Crippen LogP contribution in [0.4, 0.5) is 0 Å². The van der Waals surface area contributed by atoms with Crippen molar-refractivity contribution in [1.82, 2.24) is 9.55 Å². The van der Waals surface area contributed by atoms with E-state index in [0.717, 1.165) is 16.5 Å². The zero-order chi connectivity index (χ0) is 18.0. The monoisotopic (exact) mass is 342 g/mol. The summed E-state index contributed by atoms with van der Waals surface area (Å²) in [7, 11) is 6.20. The molecule has 0 saturated heterocycles. The van der Waals surface area contributed by atoms with E-state index in [1.807, 2.05) is 12.1 Å². The second kappa shape index (κ2) is 5.27. The van der Waals surface area contributed by atoms with Crippen LogP contribution in [0.2, 0.25) is 0 Å². The number of fused-ring (bicyclic) bond motifs is 6. The van der Waals surface area contributed by atoms with Crippen molar-refractivity contribution in [1.29, 1.82) is 0 Å². The van der Waals surface area contributed by atoms with Gasteiger partial charge in [0.1, 0.15) is 7.85 Å². The number of nitrogens with one attached hydrogen (secondary N) is 1. The predicted octanol–water partition coefficient (Wildman–Crippen LogP) is 5.21. The molecule has 6 aromatic rings. The summed E-state index contributed by atoms with van der Waals surface area (Å²) < 4.78 is 2.33. The number of hydrogen-bond acceptors (Lipinski definition) is 0. The molecule has 0 aliphatic rings. The Bertz CT molecular complexity index is 1470. The van der Waals surface area contributed by atoms with E-state index >= 15 is 0 Å². The van der Waals surface area contributed by atoms with Crippen LogP contribution in [0.1, 0.15) is 0 Å². The molecule has 124 valence electrons. The van der Waals surface area contributed by atoms with Crippen molar-refractivity contribution < 1.29 is 0 Å². The molecule has 2 radical (unpaired) electrons. The molecule has 1 N–H and O–H groups in total. The van der Waals surface area contributed by atoms with Gasteiger partial charge in [0.2, 0.25) is 0 Å². The van der Waals surface area contributed by atoms with Crippen LogP contribution in [-0.2, 0) is 0 Å². The van der Waals surface area contributed by atoms with Gasteiger partial charge in [0, 0.05) is 38.3 Å². The van der Waals surface area contributed by atoms with Gasteiger partial charge in [-0.2, -0.15) is 0 Å². The third kappa shape index (κ3) is 1.97. The van der Waals surface area contributed by atoms with Crippen LogP contribution in [0.3, 0.4) is 0 Å². The molecule has 3 heteroatoms. The van der Waals surface area contributed by atoms with Crippen LogP contribution in [0.5, 0.6) is 0 Å². The van der Waals surface area contributed by atoms with Crippen LogP contribution in [0.25, 0.3) is 49.3 Å². The molecule has 2 aromatic heterocycles. The van der Waals surface area contributed by atoms with Gasteiger partial charge in [-0.3, -0.25) is 0 Å². The van der Waals surface area contributed by atoms with Crippen LogP contribution in [0.15, 0.2) is 84.9 Å². The molecule has 2 heterocycles.